The van der Waals surface area contributed by atoms with Crippen LogP contribution in [0, 0.1) is 6.92 Å². The maximum atomic E-state index is 12.2. The van der Waals surface area contributed by atoms with Gasteiger partial charge in [0.1, 0.15) is 25.0 Å². The number of carbonyl (C=O) groups excluding carboxylic acids is 2. The summed E-state index contributed by atoms with van der Waals surface area (Å²) in [7, 11) is 1.54. The number of amides is 1. The van der Waals surface area contributed by atoms with E-state index >= 15 is 0 Å². The summed E-state index contributed by atoms with van der Waals surface area (Å²) in [6.45, 7) is 1.36. The standard InChI is InChI=1S/C16H20N6O6/c1-8-6-22(16(26)18-14(8)24)13-5-9(19-20-17)11(28-13)7-27-15(25)10-3-4-12(23)21(10)2/h6,9-11,13H,3-5,7H2,1-2H3,(H,18,24,26). The molecule has 12 nitrogen and oxygen atoms in total. The van der Waals surface area contributed by atoms with Crippen LogP contribution in [0.2, 0.25) is 0 Å². The molecule has 4 atom stereocenters. The van der Waals surface area contributed by atoms with E-state index in [9.17, 15) is 19.2 Å². The first-order valence-corrected chi connectivity index (χ1v) is 8.76. The molecule has 0 saturated carbocycles. The van der Waals surface area contributed by atoms with Gasteiger partial charge in [0.2, 0.25) is 5.91 Å². The monoisotopic (exact) mass is 392 g/mol. The van der Waals surface area contributed by atoms with Crippen molar-refractivity contribution < 1.29 is 19.1 Å². The van der Waals surface area contributed by atoms with E-state index in [0.29, 0.717) is 12.0 Å². The van der Waals surface area contributed by atoms with Gasteiger partial charge >= 0.3 is 11.7 Å². The Labute approximate surface area is 158 Å². The van der Waals surface area contributed by atoms with E-state index in [1.165, 1.54) is 22.7 Å². The van der Waals surface area contributed by atoms with Gasteiger partial charge in [-0.15, -0.1) is 0 Å². The number of likely N-dealkylation sites (tertiary alicyclic amines) is 1. The van der Waals surface area contributed by atoms with Gasteiger partial charge in [-0.3, -0.25) is 19.1 Å². The molecule has 2 aliphatic heterocycles. The normalized spacial score (nSPS) is 26.9. The van der Waals surface area contributed by atoms with Gasteiger partial charge in [-0.25, -0.2) is 9.59 Å². The number of aryl methyl sites for hydroxylation is 1. The van der Waals surface area contributed by atoms with Crippen molar-refractivity contribution in [2.75, 3.05) is 13.7 Å². The number of hydrogen-bond acceptors (Lipinski definition) is 7. The van der Waals surface area contributed by atoms with Gasteiger partial charge in [0.15, 0.2) is 0 Å². The predicted octanol–water partition coefficient (Wildman–Crippen LogP) is -0.0246. The predicted molar refractivity (Wildman–Crippen MR) is 94.3 cm³/mol. The lowest BCUT2D eigenvalue weighted by atomic mass is 10.1. The van der Waals surface area contributed by atoms with Gasteiger partial charge < -0.3 is 14.4 Å². The maximum absolute atomic E-state index is 12.2. The molecular weight excluding hydrogens is 372 g/mol. The van der Waals surface area contributed by atoms with Crippen LogP contribution in [0.15, 0.2) is 20.9 Å². The number of esters is 1. The first kappa shape index (κ1) is 19.6. The van der Waals surface area contributed by atoms with Crippen molar-refractivity contribution in [3.8, 4) is 0 Å². The van der Waals surface area contributed by atoms with Gasteiger partial charge in [-0.2, -0.15) is 0 Å². The number of carbonyl (C=O) groups is 2. The van der Waals surface area contributed by atoms with Gasteiger partial charge in [0.25, 0.3) is 5.56 Å². The van der Waals surface area contributed by atoms with Gasteiger partial charge in [0, 0.05) is 36.6 Å². The van der Waals surface area contributed by atoms with Crippen molar-refractivity contribution in [1.29, 1.82) is 0 Å². The number of H-pyrrole nitrogens is 1. The van der Waals surface area contributed by atoms with Crippen LogP contribution < -0.4 is 11.2 Å². The number of likely N-dealkylation sites (N-methyl/N-ethyl adjacent to an activating group) is 1. The van der Waals surface area contributed by atoms with Crippen molar-refractivity contribution >= 4 is 11.9 Å². The summed E-state index contributed by atoms with van der Waals surface area (Å²) in [5, 5.41) is 3.67. The third kappa shape index (κ3) is 3.78. The molecule has 0 radical (unpaired) electrons. The SMILES string of the molecule is Cc1cn(C2CC(N=[N+]=[N-])C(COC(=O)C3CCC(=O)N3C)O2)c(=O)[nH]c1=O. The van der Waals surface area contributed by atoms with Crippen molar-refractivity contribution in [2.45, 2.75) is 50.6 Å². The van der Waals surface area contributed by atoms with E-state index in [1.807, 2.05) is 0 Å². The first-order chi connectivity index (χ1) is 13.3. The molecule has 1 N–H and O–H groups in total. The van der Waals surface area contributed by atoms with Crippen LogP contribution in [0.1, 0.15) is 31.1 Å². The number of rotatable bonds is 5. The topological polar surface area (TPSA) is 159 Å². The Kier molecular flexibility index (Phi) is 5.52. The van der Waals surface area contributed by atoms with Crippen LogP contribution in [0.25, 0.3) is 10.4 Å². The summed E-state index contributed by atoms with van der Waals surface area (Å²) in [5.74, 6) is -0.684. The van der Waals surface area contributed by atoms with Crippen LogP contribution in [0.3, 0.4) is 0 Å². The maximum Gasteiger partial charge on any atom is 0.330 e. The fraction of sp³-hybridized carbons (Fsp3) is 0.625. The molecule has 12 heteroatoms. The highest BCUT2D eigenvalue weighted by atomic mass is 16.6. The van der Waals surface area contributed by atoms with E-state index in [1.54, 1.807) is 6.92 Å². The number of nitrogens with zero attached hydrogens (tertiary/aromatic N) is 5. The third-order valence-electron chi connectivity index (χ3n) is 5.01. The Balaban J connectivity index is 1.70. The fourth-order valence-corrected chi connectivity index (χ4v) is 3.36. The summed E-state index contributed by atoms with van der Waals surface area (Å²) in [5.41, 5.74) is 7.97. The summed E-state index contributed by atoms with van der Waals surface area (Å²) in [6, 6.07) is -1.31. The molecule has 28 heavy (non-hydrogen) atoms. The van der Waals surface area contributed by atoms with Crippen LogP contribution in [-0.4, -0.2) is 58.2 Å². The minimum atomic E-state index is -0.780. The molecule has 1 amide bonds. The number of aromatic amines is 1. The zero-order valence-corrected chi connectivity index (χ0v) is 15.4. The lowest BCUT2D eigenvalue weighted by Gasteiger charge is -2.21. The van der Waals surface area contributed by atoms with Crippen molar-refractivity contribution in [3.63, 3.8) is 0 Å². The average Bonchev–Trinajstić information content (AvgIpc) is 3.20. The van der Waals surface area contributed by atoms with Crippen LogP contribution in [0.4, 0.5) is 0 Å². The Morgan fingerprint density at radius 1 is 1.46 bits per heavy atom. The van der Waals surface area contributed by atoms with Gasteiger partial charge in [-0.1, -0.05) is 5.11 Å². The Morgan fingerprint density at radius 2 is 2.21 bits per heavy atom. The Hall–Kier alpha value is -3.11. The fourth-order valence-electron chi connectivity index (χ4n) is 3.36. The van der Waals surface area contributed by atoms with E-state index in [-0.39, 0.29) is 25.4 Å². The highest BCUT2D eigenvalue weighted by Crippen LogP contribution is 2.30. The average molecular weight is 392 g/mol. The second kappa shape index (κ2) is 7.87. The number of aromatic nitrogens is 2. The smallest absolute Gasteiger partial charge is 0.330 e. The molecule has 1 aromatic rings. The second-order valence-electron chi connectivity index (χ2n) is 6.80. The molecule has 0 aromatic carbocycles. The van der Waals surface area contributed by atoms with Crippen LogP contribution >= 0.6 is 0 Å². The third-order valence-corrected chi connectivity index (χ3v) is 5.01. The van der Waals surface area contributed by atoms with Crippen LogP contribution in [0.5, 0.6) is 0 Å². The van der Waals surface area contributed by atoms with E-state index < -0.39 is 41.6 Å². The lowest BCUT2D eigenvalue weighted by molar-refractivity contribution is -0.155. The van der Waals surface area contributed by atoms with E-state index in [0.717, 1.165) is 0 Å². The lowest BCUT2D eigenvalue weighted by Crippen LogP contribution is -2.38. The minimum absolute atomic E-state index is 0.126. The molecule has 4 unspecified atom stereocenters. The number of azide groups is 1. The molecule has 0 aliphatic carbocycles. The second-order valence-corrected chi connectivity index (χ2v) is 6.80. The quantitative estimate of drug-likeness (QED) is 0.321. The number of nitrogens with one attached hydrogen (secondary N) is 1. The van der Waals surface area contributed by atoms with Gasteiger partial charge in [-0.05, 0) is 18.9 Å². The summed E-state index contributed by atoms with van der Waals surface area (Å²) < 4.78 is 12.3. The molecule has 0 spiro atoms. The zero-order valence-electron chi connectivity index (χ0n) is 15.4. The molecule has 0 bridgehead atoms. The van der Waals surface area contributed by atoms with E-state index in [4.69, 9.17) is 15.0 Å². The van der Waals surface area contributed by atoms with E-state index in [2.05, 4.69) is 15.0 Å². The molecule has 3 rings (SSSR count). The summed E-state index contributed by atoms with van der Waals surface area (Å²) >= 11 is 0. The zero-order chi connectivity index (χ0) is 20.4. The number of hydrogen-bond donors (Lipinski definition) is 1. The van der Waals surface area contributed by atoms with Crippen molar-refractivity contribution in [3.05, 3.63) is 43.0 Å². The molecule has 150 valence electrons. The Morgan fingerprint density at radius 3 is 2.86 bits per heavy atom. The Bertz CT molecular complexity index is 948. The van der Waals surface area contributed by atoms with Crippen molar-refractivity contribution in [2.24, 2.45) is 5.11 Å². The summed E-state index contributed by atoms with van der Waals surface area (Å²) in [6.07, 6.45) is 0.679. The van der Waals surface area contributed by atoms with Crippen LogP contribution in [-0.2, 0) is 19.1 Å². The summed E-state index contributed by atoms with van der Waals surface area (Å²) in [4.78, 5) is 53.7. The minimum Gasteiger partial charge on any atom is -0.461 e. The molecule has 1 aromatic heterocycles. The molecular formula is C16H20N6O6. The molecule has 2 aliphatic rings. The molecule has 3 heterocycles. The highest BCUT2D eigenvalue weighted by Gasteiger charge is 2.39. The molecule has 2 saturated heterocycles. The van der Waals surface area contributed by atoms with Crippen molar-refractivity contribution in [1.82, 2.24) is 14.5 Å². The largest absolute Gasteiger partial charge is 0.461 e. The molecule has 2 fully saturated rings. The highest BCUT2D eigenvalue weighted by molar-refractivity contribution is 5.87. The first-order valence-electron chi connectivity index (χ1n) is 8.76. The number of ether oxygens (including phenoxy) is 2. The van der Waals surface area contributed by atoms with Gasteiger partial charge in [0.05, 0.1) is 6.04 Å².